The van der Waals surface area contributed by atoms with Gasteiger partial charge in [-0.2, -0.15) is 0 Å². The van der Waals surface area contributed by atoms with E-state index in [1.54, 1.807) is 7.11 Å². The summed E-state index contributed by atoms with van der Waals surface area (Å²) < 4.78 is 10.3. The summed E-state index contributed by atoms with van der Waals surface area (Å²) in [5.41, 5.74) is 0. The van der Waals surface area contributed by atoms with Crippen LogP contribution in [0, 0.1) is 0 Å². The fourth-order valence-corrected chi connectivity index (χ4v) is 0.933. The summed E-state index contributed by atoms with van der Waals surface area (Å²) in [6, 6.07) is 0.417. The summed E-state index contributed by atoms with van der Waals surface area (Å²) in [5, 5.41) is 3.29. The van der Waals surface area contributed by atoms with Gasteiger partial charge in [-0.05, 0) is 13.3 Å². The minimum atomic E-state index is 0.417. The van der Waals surface area contributed by atoms with Crippen molar-refractivity contribution in [2.75, 3.05) is 33.5 Å². The Morgan fingerprint density at radius 3 is 2.67 bits per heavy atom. The van der Waals surface area contributed by atoms with Crippen LogP contribution in [0.5, 0.6) is 0 Å². The molecule has 3 nitrogen and oxygen atoms in total. The molecule has 12 heavy (non-hydrogen) atoms. The predicted molar refractivity (Wildman–Crippen MR) is 50.5 cm³/mol. The van der Waals surface area contributed by atoms with Crippen LogP contribution in [0.4, 0.5) is 0 Å². The lowest BCUT2D eigenvalue weighted by Crippen LogP contribution is -2.32. The summed E-state index contributed by atoms with van der Waals surface area (Å²) in [7, 11) is 1.71. The van der Waals surface area contributed by atoms with Crippen LogP contribution in [-0.4, -0.2) is 39.5 Å². The molecule has 0 heterocycles. The highest BCUT2D eigenvalue weighted by atomic mass is 16.5. The first-order valence-corrected chi connectivity index (χ1v) is 4.61. The first-order chi connectivity index (χ1) is 5.81. The number of hydrogen-bond acceptors (Lipinski definition) is 3. The Morgan fingerprint density at radius 2 is 2.08 bits per heavy atom. The molecule has 0 fully saturated rings. The van der Waals surface area contributed by atoms with Crippen molar-refractivity contribution in [3.63, 3.8) is 0 Å². The van der Waals surface area contributed by atoms with Crippen molar-refractivity contribution in [2.45, 2.75) is 26.3 Å². The Hall–Kier alpha value is -0.120. The maximum atomic E-state index is 5.31. The van der Waals surface area contributed by atoms with Gasteiger partial charge in [-0.1, -0.05) is 6.92 Å². The highest BCUT2D eigenvalue weighted by molar-refractivity contribution is 4.57. The molecule has 0 bridgehead atoms. The molecule has 0 amide bonds. The minimum absolute atomic E-state index is 0.417. The van der Waals surface area contributed by atoms with Crippen LogP contribution in [0.1, 0.15) is 20.3 Å². The smallest absolute Gasteiger partial charge is 0.0613 e. The van der Waals surface area contributed by atoms with Gasteiger partial charge in [0.15, 0.2) is 0 Å². The Kier molecular flexibility index (Phi) is 8.88. The largest absolute Gasteiger partial charge is 0.383 e. The van der Waals surface area contributed by atoms with E-state index in [1.165, 1.54) is 0 Å². The first-order valence-electron chi connectivity index (χ1n) is 4.61. The van der Waals surface area contributed by atoms with Gasteiger partial charge < -0.3 is 14.8 Å². The summed E-state index contributed by atoms with van der Waals surface area (Å²) in [5.74, 6) is 0. The lowest BCUT2D eigenvalue weighted by atomic mass is 10.3. The molecule has 0 saturated heterocycles. The van der Waals surface area contributed by atoms with E-state index in [4.69, 9.17) is 9.47 Å². The Labute approximate surface area is 75.4 Å². The van der Waals surface area contributed by atoms with Crippen molar-refractivity contribution in [1.29, 1.82) is 0 Å². The summed E-state index contributed by atoms with van der Waals surface area (Å²) in [6.07, 6.45) is 1.09. The van der Waals surface area contributed by atoms with Crippen molar-refractivity contribution in [1.82, 2.24) is 5.32 Å². The fourth-order valence-electron chi connectivity index (χ4n) is 0.933. The van der Waals surface area contributed by atoms with E-state index in [2.05, 4.69) is 19.2 Å². The van der Waals surface area contributed by atoms with Gasteiger partial charge in [-0.25, -0.2) is 0 Å². The third kappa shape index (κ3) is 7.98. The van der Waals surface area contributed by atoms with Gasteiger partial charge in [-0.3, -0.25) is 0 Å². The zero-order chi connectivity index (χ0) is 9.23. The molecule has 0 aromatic rings. The molecule has 3 heteroatoms. The number of nitrogens with one attached hydrogen (secondary N) is 1. The van der Waals surface area contributed by atoms with Crippen molar-refractivity contribution in [3.8, 4) is 0 Å². The average Bonchev–Trinajstić information content (AvgIpc) is 2.05. The lowest BCUT2D eigenvalue weighted by molar-refractivity contribution is 0.126. The van der Waals surface area contributed by atoms with E-state index in [1.807, 2.05) is 0 Å². The summed E-state index contributed by atoms with van der Waals surface area (Å²) >= 11 is 0. The molecular formula is C9H21NO2. The summed E-state index contributed by atoms with van der Waals surface area (Å²) in [6.45, 7) is 7.53. The first kappa shape index (κ1) is 11.9. The van der Waals surface area contributed by atoms with E-state index in [0.717, 1.165) is 32.8 Å². The van der Waals surface area contributed by atoms with Crippen LogP contribution in [0.25, 0.3) is 0 Å². The van der Waals surface area contributed by atoms with Crippen molar-refractivity contribution >= 4 is 0 Å². The van der Waals surface area contributed by atoms with Gasteiger partial charge in [0.2, 0.25) is 0 Å². The number of methoxy groups -OCH3 is 1. The second kappa shape index (κ2) is 8.97. The predicted octanol–water partition coefficient (Wildman–Crippen LogP) is 1.04. The van der Waals surface area contributed by atoms with Gasteiger partial charge in [0.25, 0.3) is 0 Å². The van der Waals surface area contributed by atoms with Crippen LogP contribution in [-0.2, 0) is 9.47 Å². The SMILES string of the molecule is CCCOCCNC(C)COC. The van der Waals surface area contributed by atoms with Crippen molar-refractivity contribution in [3.05, 3.63) is 0 Å². The lowest BCUT2D eigenvalue weighted by Gasteiger charge is -2.12. The molecule has 0 aliphatic carbocycles. The van der Waals surface area contributed by atoms with Gasteiger partial charge in [-0.15, -0.1) is 0 Å². The molecule has 0 aromatic heterocycles. The van der Waals surface area contributed by atoms with E-state index < -0.39 is 0 Å². The van der Waals surface area contributed by atoms with Crippen LogP contribution in [0.3, 0.4) is 0 Å². The minimum Gasteiger partial charge on any atom is -0.383 e. The monoisotopic (exact) mass is 175 g/mol. The molecule has 1 atom stereocenters. The average molecular weight is 175 g/mol. The number of rotatable bonds is 8. The molecule has 1 unspecified atom stereocenters. The van der Waals surface area contributed by atoms with Gasteiger partial charge in [0, 0.05) is 26.3 Å². The van der Waals surface area contributed by atoms with Crippen molar-refractivity contribution < 1.29 is 9.47 Å². The van der Waals surface area contributed by atoms with Gasteiger partial charge in [0.05, 0.1) is 13.2 Å². The normalized spacial score (nSPS) is 13.2. The second-order valence-corrected chi connectivity index (χ2v) is 2.92. The molecule has 0 radical (unpaired) electrons. The molecule has 0 spiro atoms. The second-order valence-electron chi connectivity index (χ2n) is 2.92. The topological polar surface area (TPSA) is 30.5 Å². The highest BCUT2D eigenvalue weighted by Crippen LogP contribution is 1.82. The van der Waals surface area contributed by atoms with Crippen molar-refractivity contribution in [2.24, 2.45) is 0 Å². The van der Waals surface area contributed by atoms with Crippen LogP contribution >= 0.6 is 0 Å². The third-order valence-electron chi connectivity index (χ3n) is 1.50. The standard InChI is InChI=1S/C9H21NO2/c1-4-6-12-7-5-10-9(2)8-11-3/h9-10H,4-8H2,1-3H3. The molecule has 0 saturated carbocycles. The molecule has 1 N–H and O–H groups in total. The summed E-state index contributed by atoms with van der Waals surface area (Å²) in [4.78, 5) is 0. The zero-order valence-corrected chi connectivity index (χ0v) is 8.43. The van der Waals surface area contributed by atoms with Crippen LogP contribution in [0.2, 0.25) is 0 Å². The van der Waals surface area contributed by atoms with E-state index in [-0.39, 0.29) is 0 Å². The van der Waals surface area contributed by atoms with E-state index in [0.29, 0.717) is 6.04 Å². The van der Waals surface area contributed by atoms with Gasteiger partial charge >= 0.3 is 0 Å². The Morgan fingerprint density at radius 1 is 1.33 bits per heavy atom. The van der Waals surface area contributed by atoms with Crippen LogP contribution < -0.4 is 5.32 Å². The zero-order valence-electron chi connectivity index (χ0n) is 8.43. The Bertz CT molecular complexity index is 88.6. The molecule has 74 valence electrons. The molecule has 0 aromatic carbocycles. The van der Waals surface area contributed by atoms with Gasteiger partial charge in [0.1, 0.15) is 0 Å². The molecule has 0 aliphatic heterocycles. The van der Waals surface area contributed by atoms with E-state index in [9.17, 15) is 0 Å². The number of ether oxygens (including phenoxy) is 2. The van der Waals surface area contributed by atoms with Crippen LogP contribution in [0.15, 0.2) is 0 Å². The quantitative estimate of drug-likeness (QED) is 0.559. The maximum absolute atomic E-state index is 5.31. The maximum Gasteiger partial charge on any atom is 0.0613 e. The third-order valence-corrected chi connectivity index (χ3v) is 1.50. The molecular weight excluding hydrogens is 154 g/mol. The fraction of sp³-hybridized carbons (Fsp3) is 1.00. The Balaban J connectivity index is 2.97. The highest BCUT2D eigenvalue weighted by Gasteiger charge is 1.97. The molecule has 0 rings (SSSR count). The van der Waals surface area contributed by atoms with E-state index >= 15 is 0 Å². The molecule has 0 aliphatic rings. The number of hydrogen-bond donors (Lipinski definition) is 1.